The van der Waals surface area contributed by atoms with Crippen LogP contribution >= 0.6 is 11.6 Å². The lowest BCUT2D eigenvalue weighted by atomic mass is 9.83. The Morgan fingerprint density at radius 2 is 2.00 bits per heavy atom. The van der Waals surface area contributed by atoms with Gasteiger partial charge in [-0.05, 0) is 30.4 Å². The second-order valence-electron chi connectivity index (χ2n) is 4.96. The van der Waals surface area contributed by atoms with Gasteiger partial charge in [0.2, 0.25) is 5.28 Å². The number of hydrogen-bond donors (Lipinski definition) is 1. The SMILES string of the molecule is CC1CCC(c2nc3nc(Cl)ncc3[nH]2)CC1. The Balaban J connectivity index is 1.90. The van der Waals surface area contributed by atoms with Crippen molar-refractivity contribution in [2.75, 3.05) is 0 Å². The van der Waals surface area contributed by atoms with Crippen molar-refractivity contribution < 1.29 is 0 Å². The number of aromatic nitrogens is 4. The first-order chi connectivity index (χ1) is 8.22. The third-order valence-electron chi connectivity index (χ3n) is 3.63. The summed E-state index contributed by atoms with van der Waals surface area (Å²) in [5.74, 6) is 2.44. The van der Waals surface area contributed by atoms with E-state index in [2.05, 4.69) is 26.9 Å². The Morgan fingerprint density at radius 1 is 1.24 bits per heavy atom. The molecule has 0 unspecified atom stereocenters. The van der Waals surface area contributed by atoms with E-state index in [1.807, 2.05) is 0 Å². The third kappa shape index (κ3) is 2.14. The Labute approximate surface area is 105 Å². The first kappa shape index (κ1) is 11.0. The molecule has 0 atom stereocenters. The van der Waals surface area contributed by atoms with Crippen molar-refractivity contribution in [1.82, 2.24) is 19.9 Å². The second-order valence-corrected chi connectivity index (χ2v) is 5.29. The van der Waals surface area contributed by atoms with Crippen molar-refractivity contribution in [3.8, 4) is 0 Å². The number of imidazole rings is 1. The van der Waals surface area contributed by atoms with Gasteiger partial charge in [0.25, 0.3) is 0 Å². The summed E-state index contributed by atoms with van der Waals surface area (Å²) < 4.78 is 0. The second kappa shape index (κ2) is 4.26. The zero-order chi connectivity index (χ0) is 11.8. The number of rotatable bonds is 1. The lowest BCUT2D eigenvalue weighted by Gasteiger charge is -2.24. The monoisotopic (exact) mass is 250 g/mol. The molecule has 1 saturated carbocycles. The van der Waals surface area contributed by atoms with Gasteiger partial charge < -0.3 is 4.98 Å². The average Bonchev–Trinajstić information content (AvgIpc) is 2.72. The first-order valence-electron chi connectivity index (χ1n) is 6.10. The van der Waals surface area contributed by atoms with Gasteiger partial charge in [-0.3, -0.25) is 0 Å². The van der Waals surface area contributed by atoms with Gasteiger partial charge in [0, 0.05) is 5.92 Å². The van der Waals surface area contributed by atoms with E-state index in [-0.39, 0.29) is 5.28 Å². The molecule has 0 amide bonds. The molecule has 0 bridgehead atoms. The van der Waals surface area contributed by atoms with Gasteiger partial charge in [-0.25, -0.2) is 9.97 Å². The van der Waals surface area contributed by atoms with E-state index in [4.69, 9.17) is 11.6 Å². The van der Waals surface area contributed by atoms with Gasteiger partial charge >= 0.3 is 0 Å². The van der Waals surface area contributed by atoms with E-state index in [1.54, 1.807) is 6.20 Å². The summed E-state index contributed by atoms with van der Waals surface area (Å²) in [5.41, 5.74) is 1.56. The number of halogens is 1. The van der Waals surface area contributed by atoms with E-state index in [0.717, 1.165) is 17.3 Å². The normalized spacial score (nSPS) is 25.3. The van der Waals surface area contributed by atoms with Crippen molar-refractivity contribution in [3.63, 3.8) is 0 Å². The fraction of sp³-hybridized carbons (Fsp3) is 0.583. The largest absolute Gasteiger partial charge is 0.339 e. The maximum Gasteiger partial charge on any atom is 0.224 e. The number of H-pyrrole nitrogens is 1. The summed E-state index contributed by atoms with van der Waals surface area (Å²) in [4.78, 5) is 15.9. The Morgan fingerprint density at radius 3 is 2.76 bits per heavy atom. The van der Waals surface area contributed by atoms with E-state index in [0.29, 0.717) is 11.6 Å². The molecular weight excluding hydrogens is 236 g/mol. The highest BCUT2D eigenvalue weighted by atomic mass is 35.5. The Bertz CT molecular complexity index is 528. The topological polar surface area (TPSA) is 54.5 Å². The molecule has 0 spiro atoms. The molecule has 90 valence electrons. The van der Waals surface area contributed by atoms with Crippen LogP contribution in [0.2, 0.25) is 5.28 Å². The number of nitrogens with zero attached hydrogens (tertiary/aromatic N) is 3. The summed E-state index contributed by atoms with van der Waals surface area (Å²) in [6, 6.07) is 0. The highest BCUT2D eigenvalue weighted by Crippen LogP contribution is 2.34. The molecular formula is C12H15ClN4. The maximum absolute atomic E-state index is 5.76. The molecule has 2 aromatic rings. The molecule has 1 N–H and O–H groups in total. The maximum atomic E-state index is 5.76. The van der Waals surface area contributed by atoms with Crippen LogP contribution in [0.3, 0.4) is 0 Å². The molecule has 3 rings (SSSR count). The van der Waals surface area contributed by atoms with Crippen LogP contribution in [0.1, 0.15) is 44.3 Å². The lowest BCUT2D eigenvalue weighted by molar-refractivity contribution is 0.341. The van der Waals surface area contributed by atoms with Crippen molar-refractivity contribution in [3.05, 3.63) is 17.3 Å². The number of hydrogen-bond acceptors (Lipinski definition) is 3. The summed E-state index contributed by atoms with van der Waals surface area (Å²) in [6.07, 6.45) is 6.69. The summed E-state index contributed by atoms with van der Waals surface area (Å²) >= 11 is 5.76. The van der Waals surface area contributed by atoms with Gasteiger partial charge in [-0.15, -0.1) is 0 Å². The minimum atomic E-state index is 0.257. The number of nitrogens with one attached hydrogen (secondary N) is 1. The summed E-state index contributed by atoms with van der Waals surface area (Å²) in [6.45, 7) is 2.32. The van der Waals surface area contributed by atoms with Crippen molar-refractivity contribution in [1.29, 1.82) is 0 Å². The molecule has 2 aromatic heterocycles. The Hall–Kier alpha value is -1.16. The summed E-state index contributed by atoms with van der Waals surface area (Å²) in [7, 11) is 0. The zero-order valence-electron chi connectivity index (χ0n) is 9.78. The minimum Gasteiger partial charge on any atom is -0.339 e. The van der Waals surface area contributed by atoms with Crippen molar-refractivity contribution in [2.24, 2.45) is 5.92 Å². The molecule has 5 heteroatoms. The van der Waals surface area contributed by atoms with Gasteiger partial charge in [0.15, 0.2) is 5.65 Å². The van der Waals surface area contributed by atoms with Crippen LogP contribution in [0.5, 0.6) is 0 Å². The predicted molar refractivity (Wildman–Crippen MR) is 67.1 cm³/mol. The van der Waals surface area contributed by atoms with E-state index in [9.17, 15) is 0 Å². The standard InChI is InChI=1S/C12H15ClN4/c1-7-2-4-8(5-3-7)10-15-9-6-14-12(13)17-11(9)16-10/h6-8H,2-5H2,1H3,(H,14,15,16,17). The van der Waals surface area contributed by atoms with Crippen molar-refractivity contribution >= 4 is 22.8 Å². The van der Waals surface area contributed by atoms with Crippen LogP contribution in [-0.2, 0) is 0 Å². The predicted octanol–water partition coefficient (Wildman–Crippen LogP) is 3.30. The molecule has 4 nitrogen and oxygen atoms in total. The van der Waals surface area contributed by atoms with Crippen LogP contribution in [0.25, 0.3) is 11.2 Å². The van der Waals surface area contributed by atoms with Gasteiger partial charge in [-0.2, -0.15) is 4.98 Å². The highest BCUT2D eigenvalue weighted by molar-refractivity contribution is 6.28. The minimum absolute atomic E-state index is 0.257. The molecule has 17 heavy (non-hydrogen) atoms. The van der Waals surface area contributed by atoms with Gasteiger partial charge in [0.05, 0.1) is 6.20 Å². The van der Waals surface area contributed by atoms with Gasteiger partial charge in [0.1, 0.15) is 11.3 Å². The van der Waals surface area contributed by atoms with E-state index < -0.39 is 0 Å². The fourth-order valence-electron chi connectivity index (χ4n) is 2.53. The van der Waals surface area contributed by atoms with Crippen LogP contribution < -0.4 is 0 Å². The molecule has 2 heterocycles. The van der Waals surface area contributed by atoms with Crippen LogP contribution in [0.15, 0.2) is 6.20 Å². The van der Waals surface area contributed by atoms with Crippen LogP contribution in [-0.4, -0.2) is 19.9 Å². The van der Waals surface area contributed by atoms with E-state index in [1.165, 1.54) is 25.7 Å². The average molecular weight is 251 g/mol. The van der Waals surface area contributed by atoms with E-state index >= 15 is 0 Å². The molecule has 0 saturated heterocycles. The molecule has 1 aliphatic carbocycles. The molecule has 0 aliphatic heterocycles. The molecule has 0 aromatic carbocycles. The van der Waals surface area contributed by atoms with Crippen LogP contribution in [0, 0.1) is 5.92 Å². The highest BCUT2D eigenvalue weighted by Gasteiger charge is 2.22. The quantitative estimate of drug-likeness (QED) is 0.790. The number of aromatic amines is 1. The summed E-state index contributed by atoms with van der Waals surface area (Å²) in [5, 5.41) is 0.257. The first-order valence-corrected chi connectivity index (χ1v) is 6.48. The molecule has 0 radical (unpaired) electrons. The lowest BCUT2D eigenvalue weighted by Crippen LogP contribution is -2.11. The fourth-order valence-corrected chi connectivity index (χ4v) is 2.66. The third-order valence-corrected chi connectivity index (χ3v) is 3.81. The van der Waals surface area contributed by atoms with Crippen molar-refractivity contribution in [2.45, 2.75) is 38.5 Å². The van der Waals surface area contributed by atoms with Gasteiger partial charge in [-0.1, -0.05) is 19.8 Å². The van der Waals surface area contributed by atoms with Crippen LogP contribution in [0.4, 0.5) is 0 Å². The zero-order valence-corrected chi connectivity index (χ0v) is 10.5. The molecule has 1 fully saturated rings. The number of fused-ring (bicyclic) bond motifs is 1. The Kier molecular flexibility index (Phi) is 2.74. The molecule has 1 aliphatic rings. The smallest absolute Gasteiger partial charge is 0.224 e.